The molecule has 3 aromatic carbocycles. The van der Waals surface area contributed by atoms with Gasteiger partial charge in [-0.3, -0.25) is 0 Å². The minimum atomic E-state index is -0.718. The Labute approximate surface area is 151 Å². The minimum Gasteiger partial charge on any atom is -0.491 e. The van der Waals surface area contributed by atoms with Crippen molar-refractivity contribution in [1.29, 1.82) is 0 Å². The number of nitrogens with zero attached hydrogens (tertiary/aromatic N) is 2. The van der Waals surface area contributed by atoms with Gasteiger partial charge in [-0.15, -0.1) is 0 Å². The number of aliphatic hydroxyl groups excluding tert-OH is 2. The third kappa shape index (κ3) is 3.27. The van der Waals surface area contributed by atoms with E-state index in [4.69, 9.17) is 4.74 Å². The highest BCUT2D eigenvalue weighted by Gasteiger charge is 2.14. The Morgan fingerprint density at radius 2 is 1.73 bits per heavy atom. The number of imidazole rings is 1. The minimum absolute atomic E-state index is 0.162. The quantitative estimate of drug-likeness (QED) is 0.562. The molecule has 0 aliphatic carbocycles. The fourth-order valence-electron chi connectivity index (χ4n) is 3.16. The fraction of sp³-hybridized carbons (Fsp3) is 0.190. The van der Waals surface area contributed by atoms with Gasteiger partial charge in [0.15, 0.2) is 0 Å². The molecule has 0 unspecified atom stereocenters. The molecular formula is C21H20N2O3. The Kier molecular flexibility index (Phi) is 4.56. The van der Waals surface area contributed by atoms with E-state index in [1.165, 1.54) is 0 Å². The molecule has 4 rings (SSSR count). The SMILES string of the molecule is OCc1nc2ccccc2n1C[C@H](O)COc1ccc2ccccc2c1. The van der Waals surface area contributed by atoms with Crippen LogP contribution in [0.1, 0.15) is 5.82 Å². The molecule has 0 saturated heterocycles. The topological polar surface area (TPSA) is 67.5 Å². The van der Waals surface area contributed by atoms with Gasteiger partial charge >= 0.3 is 0 Å². The van der Waals surface area contributed by atoms with Crippen LogP contribution < -0.4 is 4.74 Å². The van der Waals surface area contributed by atoms with Crippen molar-refractivity contribution in [2.45, 2.75) is 19.3 Å². The zero-order chi connectivity index (χ0) is 17.9. The number of fused-ring (bicyclic) bond motifs is 2. The van der Waals surface area contributed by atoms with Crippen LogP contribution in [0.15, 0.2) is 66.7 Å². The summed E-state index contributed by atoms with van der Waals surface area (Å²) in [5, 5.41) is 22.2. The summed E-state index contributed by atoms with van der Waals surface area (Å²) in [5.74, 6) is 1.26. The maximum absolute atomic E-state index is 10.4. The Hall–Kier alpha value is -2.89. The first-order chi connectivity index (χ1) is 12.7. The molecule has 26 heavy (non-hydrogen) atoms. The molecule has 5 nitrogen and oxygen atoms in total. The number of para-hydroxylation sites is 2. The van der Waals surface area contributed by atoms with Gasteiger partial charge in [0.05, 0.1) is 17.6 Å². The number of rotatable bonds is 6. The van der Waals surface area contributed by atoms with E-state index in [9.17, 15) is 10.2 Å². The first-order valence-corrected chi connectivity index (χ1v) is 8.59. The molecular weight excluding hydrogens is 328 g/mol. The lowest BCUT2D eigenvalue weighted by molar-refractivity contribution is 0.0915. The molecule has 4 aromatic rings. The Morgan fingerprint density at radius 1 is 0.962 bits per heavy atom. The summed E-state index contributed by atoms with van der Waals surface area (Å²) in [6.07, 6.45) is -0.718. The van der Waals surface area contributed by atoms with Gasteiger partial charge in [0.1, 0.15) is 30.9 Å². The van der Waals surface area contributed by atoms with E-state index in [1.807, 2.05) is 65.2 Å². The average Bonchev–Trinajstić information content (AvgIpc) is 3.04. The van der Waals surface area contributed by atoms with E-state index in [2.05, 4.69) is 11.1 Å². The number of benzene rings is 3. The number of aliphatic hydroxyl groups is 2. The molecule has 0 bridgehead atoms. The molecule has 132 valence electrons. The first-order valence-electron chi connectivity index (χ1n) is 8.59. The number of ether oxygens (including phenoxy) is 1. The summed E-state index contributed by atoms with van der Waals surface area (Å²) in [6, 6.07) is 21.6. The summed E-state index contributed by atoms with van der Waals surface area (Å²) in [6.45, 7) is 0.298. The van der Waals surface area contributed by atoms with Crippen LogP contribution in [0.3, 0.4) is 0 Å². The van der Waals surface area contributed by atoms with Crippen molar-refractivity contribution in [1.82, 2.24) is 9.55 Å². The average molecular weight is 348 g/mol. The molecule has 0 radical (unpaired) electrons. The molecule has 1 aromatic heterocycles. The van der Waals surface area contributed by atoms with Gasteiger partial charge in [0, 0.05) is 0 Å². The highest BCUT2D eigenvalue weighted by molar-refractivity contribution is 5.83. The molecule has 2 N–H and O–H groups in total. The van der Waals surface area contributed by atoms with Crippen molar-refractivity contribution in [3.8, 4) is 5.75 Å². The van der Waals surface area contributed by atoms with Gasteiger partial charge in [0.25, 0.3) is 0 Å². The molecule has 0 fully saturated rings. The van der Waals surface area contributed by atoms with Crippen LogP contribution in [0, 0.1) is 0 Å². The molecule has 1 heterocycles. The third-order valence-electron chi connectivity index (χ3n) is 4.43. The molecule has 0 saturated carbocycles. The monoisotopic (exact) mass is 348 g/mol. The second-order valence-corrected chi connectivity index (χ2v) is 6.26. The van der Waals surface area contributed by atoms with Gasteiger partial charge in [-0.05, 0) is 35.0 Å². The molecule has 0 aliphatic heterocycles. The lowest BCUT2D eigenvalue weighted by Gasteiger charge is -2.15. The molecule has 0 amide bonds. The van der Waals surface area contributed by atoms with E-state index in [0.717, 1.165) is 27.6 Å². The van der Waals surface area contributed by atoms with E-state index >= 15 is 0 Å². The van der Waals surface area contributed by atoms with Gasteiger partial charge in [-0.25, -0.2) is 4.98 Å². The zero-order valence-corrected chi connectivity index (χ0v) is 14.2. The van der Waals surface area contributed by atoms with E-state index in [0.29, 0.717) is 12.4 Å². The van der Waals surface area contributed by atoms with Gasteiger partial charge in [-0.2, -0.15) is 0 Å². The Balaban J connectivity index is 1.47. The normalized spacial score (nSPS) is 12.5. The highest BCUT2D eigenvalue weighted by atomic mass is 16.5. The Morgan fingerprint density at radius 3 is 2.58 bits per heavy atom. The predicted molar refractivity (Wildman–Crippen MR) is 101 cm³/mol. The maximum Gasteiger partial charge on any atom is 0.135 e. The van der Waals surface area contributed by atoms with Crippen LogP contribution in [0.5, 0.6) is 5.75 Å². The van der Waals surface area contributed by atoms with Crippen LogP contribution in [0.4, 0.5) is 0 Å². The lowest BCUT2D eigenvalue weighted by atomic mass is 10.1. The van der Waals surface area contributed by atoms with Crippen LogP contribution >= 0.6 is 0 Å². The van der Waals surface area contributed by atoms with Gasteiger partial charge in [-0.1, -0.05) is 42.5 Å². The van der Waals surface area contributed by atoms with Crippen molar-refractivity contribution in [3.63, 3.8) is 0 Å². The lowest BCUT2D eigenvalue weighted by Crippen LogP contribution is -2.24. The predicted octanol–water partition coefficient (Wildman–Crippen LogP) is 3.12. The van der Waals surface area contributed by atoms with Crippen LogP contribution in [-0.2, 0) is 13.2 Å². The fourth-order valence-corrected chi connectivity index (χ4v) is 3.16. The van der Waals surface area contributed by atoms with Crippen molar-refractivity contribution in [3.05, 3.63) is 72.6 Å². The largest absolute Gasteiger partial charge is 0.491 e. The molecule has 0 spiro atoms. The van der Waals surface area contributed by atoms with Gasteiger partial charge in [0.2, 0.25) is 0 Å². The zero-order valence-electron chi connectivity index (χ0n) is 14.2. The number of hydrogen-bond acceptors (Lipinski definition) is 4. The first kappa shape index (κ1) is 16.6. The van der Waals surface area contributed by atoms with Crippen molar-refractivity contribution in [2.24, 2.45) is 0 Å². The summed E-state index contributed by atoms with van der Waals surface area (Å²) in [7, 11) is 0. The van der Waals surface area contributed by atoms with Crippen molar-refractivity contribution < 1.29 is 14.9 Å². The smallest absolute Gasteiger partial charge is 0.135 e. The van der Waals surface area contributed by atoms with Crippen LogP contribution in [-0.4, -0.2) is 32.5 Å². The summed E-state index contributed by atoms with van der Waals surface area (Å²) < 4.78 is 7.60. The summed E-state index contributed by atoms with van der Waals surface area (Å²) in [5.41, 5.74) is 1.69. The van der Waals surface area contributed by atoms with E-state index < -0.39 is 6.10 Å². The number of hydrogen-bond donors (Lipinski definition) is 2. The summed E-state index contributed by atoms with van der Waals surface area (Å²) >= 11 is 0. The van der Waals surface area contributed by atoms with E-state index in [-0.39, 0.29) is 13.2 Å². The number of aromatic nitrogens is 2. The van der Waals surface area contributed by atoms with Gasteiger partial charge < -0.3 is 19.5 Å². The van der Waals surface area contributed by atoms with Crippen molar-refractivity contribution in [2.75, 3.05) is 6.61 Å². The Bertz CT molecular complexity index is 1040. The van der Waals surface area contributed by atoms with E-state index in [1.54, 1.807) is 0 Å². The standard InChI is InChI=1S/C21H20N2O3/c24-13-21-22-19-7-3-4-8-20(19)23(21)12-17(25)14-26-18-10-9-15-5-1-2-6-16(15)11-18/h1-11,17,24-25H,12-14H2/t17-/m0/s1. The molecule has 1 atom stereocenters. The van der Waals surface area contributed by atoms with Crippen LogP contribution in [0.2, 0.25) is 0 Å². The molecule has 5 heteroatoms. The molecule has 0 aliphatic rings. The second kappa shape index (κ2) is 7.15. The highest BCUT2D eigenvalue weighted by Crippen LogP contribution is 2.21. The van der Waals surface area contributed by atoms with Crippen LogP contribution in [0.25, 0.3) is 21.8 Å². The summed E-state index contributed by atoms with van der Waals surface area (Å²) in [4.78, 5) is 4.40. The van der Waals surface area contributed by atoms with Crippen molar-refractivity contribution >= 4 is 21.8 Å². The second-order valence-electron chi connectivity index (χ2n) is 6.26. The third-order valence-corrected chi connectivity index (χ3v) is 4.43. The maximum atomic E-state index is 10.4.